The van der Waals surface area contributed by atoms with Crippen molar-refractivity contribution in [1.29, 1.82) is 0 Å². The first-order chi connectivity index (χ1) is 11.2. The van der Waals surface area contributed by atoms with Gasteiger partial charge in [-0.1, -0.05) is 19.9 Å². The SMILES string of the molecule is CC(C)(C[C@@](O)(CO)C(F)(F)F)c1ccc(C(F)(F)F)c2c1CSC2. The van der Waals surface area contributed by atoms with Crippen molar-refractivity contribution in [2.24, 2.45) is 0 Å². The number of alkyl halides is 6. The van der Waals surface area contributed by atoms with E-state index in [1.54, 1.807) is 0 Å². The predicted octanol–water partition coefficient (Wildman–Crippen LogP) is 4.41. The number of aliphatic hydroxyl groups is 2. The molecule has 2 rings (SSSR count). The van der Waals surface area contributed by atoms with E-state index < -0.39 is 42.0 Å². The highest BCUT2D eigenvalue weighted by Gasteiger charge is 2.56. The minimum Gasteiger partial charge on any atom is -0.393 e. The highest BCUT2D eigenvalue weighted by atomic mass is 32.2. The van der Waals surface area contributed by atoms with E-state index in [9.17, 15) is 31.4 Å². The Bertz CT molecular complexity index is 653. The van der Waals surface area contributed by atoms with E-state index in [2.05, 4.69) is 0 Å². The molecule has 0 saturated carbocycles. The molecule has 1 atom stereocenters. The van der Waals surface area contributed by atoms with Crippen LogP contribution in [0.15, 0.2) is 12.1 Å². The number of rotatable bonds is 4. The minimum absolute atomic E-state index is 0.0858. The molecule has 1 aromatic rings. The Balaban J connectivity index is 2.50. The maximum atomic E-state index is 13.1. The first-order valence-electron chi connectivity index (χ1n) is 7.43. The van der Waals surface area contributed by atoms with Crippen LogP contribution in [0.3, 0.4) is 0 Å². The van der Waals surface area contributed by atoms with Gasteiger partial charge in [0.15, 0.2) is 5.60 Å². The number of aliphatic hydroxyl groups excluding tert-OH is 1. The largest absolute Gasteiger partial charge is 0.419 e. The van der Waals surface area contributed by atoms with E-state index in [4.69, 9.17) is 5.11 Å². The second-order valence-corrected chi connectivity index (χ2v) is 7.84. The monoisotopic (exact) mass is 388 g/mol. The zero-order valence-electron chi connectivity index (χ0n) is 13.6. The van der Waals surface area contributed by atoms with E-state index in [1.807, 2.05) is 0 Å². The van der Waals surface area contributed by atoms with Gasteiger partial charge in [-0.15, -0.1) is 0 Å². The van der Waals surface area contributed by atoms with Crippen LogP contribution < -0.4 is 0 Å². The summed E-state index contributed by atoms with van der Waals surface area (Å²) in [6, 6.07) is 2.06. The average molecular weight is 388 g/mol. The van der Waals surface area contributed by atoms with Gasteiger partial charge in [0.2, 0.25) is 0 Å². The summed E-state index contributed by atoms with van der Waals surface area (Å²) < 4.78 is 78.6. The number of thioether (sulfide) groups is 1. The van der Waals surface area contributed by atoms with Crippen LogP contribution in [0.1, 0.15) is 42.5 Å². The predicted molar refractivity (Wildman–Crippen MR) is 82.2 cm³/mol. The lowest BCUT2D eigenvalue weighted by atomic mass is 9.72. The summed E-state index contributed by atoms with van der Waals surface area (Å²) in [7, 11) is 0. The molecule has 25 heavy (non-hydrogen) atoms. The fraction of sp³-hybridized carbons (Fsp3) is 0.625. The van der Waals surface area contributed by atoms with Gasteiger partial charge in [0.25, 0.3) is 0 Å². The first-order valence-corrected chi connectivity index (χ1v) is 8.58. The van der Waals surface area contributed by atoms with E-state index in [1.165, 1.54) is 31.7 Å². The van der Waals surface area contributed by atoms with Gasteiger partial charge in [-0.3, -0.25) is 0 Å². The van der Waals surface area contributed by atoms with Gasteiger partial charge < -0.3 is 10.2 Å². The molecular formula is C16H18F6O2S. The molecule has 1 heterocycles. The van der Waals surface area contributed by atoms with Gasteiger partial charge in [0, 0.05) is 11.5 Å². The van der Waals surface area contributed by atoms with E-state index in [0.717, 1.165) is 6.07 Å². The van der Waals surface area contributed by atoms with Crippen molar-refractivity contribution in [2.75, 3.05) is 6.61 Å². The maximum Gasteiger partial charge on any atom is 0.419 e. The number of halogens is 6. The van der Waals surface area contributed by atoms with Gasteiger partial charge in [-0.05, 0) is 34.6 Å². The third kappa shape index (κ3) is 3.78. The summed E-state index contributed by atoms with van der Waals surface area (Å²) in [5.41, 5.74) is -4.60. The molecule has 142 valence electrons. The molecule has 0 unspecified atom stereocenters. The Morgan fingerprint density at radius 2 is 1.44 bits per heavy atom. The summed E-state index contributed by atoms with van der Waals surface area (Å²) in [6.45, 7) is 1.33. The van der Waals surface area contributed by atoms with E-state index in [0.29, 0.717) is 11.1 Å². The topological polar surface area (TPSA) is 40.5 Å². The fourth-order valence-electron chi connectivity index (χ4n) is 3.25. The smallest absolute Gasteiger partial charge is 0.393 e. The molecule has 0 aliphatic carbocycles. The standard InChI is InChI=1S/C16H18F6O2S/c1-13(2,7-14(24,8-23)16(20,21)22)11-3-4-12(15(17,18)19)10-6-25-5-9(10)11/h3-4,23-24H,5-8H2,1-2H3/t14-/m1/s1. The molecule has 9 heteroatoms. The van der Waals surface area contributed by atoms with Crippen molar-refractivity contribution in [3.63, 3.8) is 0 Å². The fourth-order valence-corrected chi connectivity index (χ4v) is 4.42. The molecule has 0 fully saturated rings. The Hall–Kier alpha value is -0.930. The summed E-state index contributed by atoms with van der Waals surface area (Å²) in [4.78, 5) is 0. The molecule has 0 saturated heterocycles. The van der Waals surface area contributed by atoms with Crippen LogP contribution in [0.25, 0.3) is 0 Å². The minimum atomic E-state index is -5.05. The zero-order valence-corrected chi connectivity index (χ0v) is 14.4. The van der Waals surface area contributed by atoms with E-state index >= 15 is 0 Å². The maximum absolute atomic E-state index is 13.1. The molecule has 0 radical (unpaired) electrons. The highest BCUT2D eigenvalue weighted by Crippen LogP contribution is 2.47. The van der Waals surface area contributed by atoms with Gasteiger partial charge in [0.1, 0.15) is 0 Å². The van der Waals surface area contributed by atoms with Gasteiger partial charge >= 0.3 is 12.4 Å². The molecule has 0 bridgehead atoms. The lowest BCUT2D eigenvalue weighted by Crippen LogP contribution is -2.52. The normalized spacial score (nSPS) is 18.2. The Kier molecular flexibility index (Phi) is 5.18. The lowest BCUT2D eigenvalue weighted by Gasteiger charge is -2.37. The molecule has 0 spiro atoms. The van der Waals surface area contributed by atoms with Crippen molar-refractivity contribution in [1.82, 2.24) is 0 Å². The summed E-state index contributed by atoms with van der Waals surface area (Å²) in [5.74, 6) is 0.402. The van der Waals surface area contributed by atoms with Crippen molar-refractivity contribution in [3.8, 4) is 0 Å². The molecule has 0 amide bonds. The zero-order chi connectivity index (χ0) is 19.3. The van der Waals surface area contributed by atoms with Crippen LogP contribution in [-0.2, 0) is 23.1 Å². The van der Waals surface area contributed by atoms with Crippen molar-refractivity contribution < 1.29 is 36.6 Å². The quantitative estimate of drug-likeness (QED) is 0.751. The van der Waals surface area contributed by atoms with Crippen molar-refractivity contribution in [2.45, 2.75) is 55.1 Å². The van der Waals surface area contributed by atoms with Gasteiger partial charge in [-0.25, -0.2) is 0 Å². The first kappa shape index (κ1) is 20.4. The van der Waals surface area contributed by atoms with Crippen LogP contribution in [0.5, 0.6) is 0 Å². The summed E-state index contributed by atoms with van der Waals surface area (Å²) in [6.07, 6.45) is -10.4. The summed E-state index contributed by atoms with van der Waals surface area (Å²) in [5, 5.41) is 18.9. The van der Waals surface area contributed by atoms with Crippen LogP contribution in [0.4, 0.5) is 26.3 Å². The molecule has 1 aromatic carbocycles. The van der Waals surface area contributed by atoms with Crippen molar-refractivity contribution >= 4 is 11.8 Å². The number of fused-ring (bicyclic) bond motifs is 1. The van der Waals surface area contributed by atoms with Crippen LogP contribution in [0, 0.1) is 0 Å². The number of benzene rings is 1. The Morgan fingerprint density at radius 1 is 0.960 bits per heavy atom. The molecular weight excluding hydrogens is 370 g/mol. The van der Waals surface area contributed by atoms with Crippen LogP contribution >= 0.6 is 11.8 Å². The third-order valence-corrected chi connectivity index (χ3v) is 5.47. The van der Waals surface area contributed by atoms with Crippen LogP contribution in [-0.4, -0.2) is 28.6 Å². The summed E-state index contributed by atoms with van der Waals surface area (Å²) >= 11 is 1.26. The van der Waals surface area contributed by atoms with Gasteiger partial charge in [0.05, 0.1) is 12.2 Å². The Labute approximate surface area is 145 Å². The van der Waals surface area contributed by atoms with Crippen molar-refractivity contribution in [3.05, 3.63) is 34.4 Å². The molecule has 1 aliphatic rings. The second-order valence-electron chi connectivity index (χ2n) is 6.86. The van der Waals surface area contributed by atoms with Crippen LogP contribution in [0.2, 0.25) is 0 Å². The molecule has 1 aliphatic heterocycles. The molecule has 2 nitrogen and oxygen atoms in total. The number of hydrogen-bond donors (Lipinski definition) is 2. The second kappa shape index (κ2) is 6.35. The molecule has 2 N–H and O–H groups in total. The Morgan fingerprint density at radius 3 is 1.88 bits per heavy atom. The third-order valence-electron chi connectivity index (χ3n) is 4.48. The lowest BCUT2D eigenvalue weighted by molar-refractivity contribution is -0.277. The van der Waals surface area contributed by atoms with E-state index in [-0.39, 0.29) is 17.1 Å². The average Bonchev–Trinajstić information content (AvgIpc) is 2.92. The highest BCUT2D eigenvalue weighted by molar-refractivity contribution is 7.98. The van der Waals surface area contributed by atoms with Gasteiger partial charge in [-0.2, -0.15) is 38.1 Å². The number of hydrogen-bond acceptors (Lipinski definition) is 3. The molecule has 0 aromatic heterocycles.